The summed E-state index contributed by atoms with van der Waals surface area (Å²) in [7, 11) is 0. The lowest BCUT2D eigenvalue weighted by Gasteiger charge is -2.23. The number of carbonyl (C=O) groups excluding carboxylic acids is 2. The molecule has 0 aliphatic carbocycles. The molecule has 1 aromatic carbocycles. The van der Waals surface area contributed by atoms with E-state index in [9.17, 15) is 9.59 Å². The van der Waals surface area contributed by atoms with Crippen LogP contribution < -0.4 is 15.5 Å². The fraction of sp³-hybridized carbons (Fsp3) is 0.385. The van der Waals surface area contributed by atoms with E-state index in [4.69, 9.17) is 11.6 Å². The molecule has 1 unspecified atom stereocenters. The summed E-state index contributed by atoms with van der Waals surface area (Å²) >= 11 is 6.00. The van der Waals surface area contributed by atoms with Crippen LogP contribution in [0.5, 0.6) is 0 Å². The highest BCUT2D eigenvalue weighted by Gasteiger charge is 2.22. The predicted octanol–water partition coefficient (Wildman–Crippen LogP) is -0.398. The number of nitrogens with one attached hydrogen (secondary N) is 3. The fourth-order valence-corrected chi connectivity index (χ4v) is 2.25. The predicted molar refractivity (Wildman–Crippen MR) is 73.4 cm³/mol. The normalized spacial score (nSPS) is 18.8. The zero-order chi connectivity index (χ0) is 13.8. The number of piperazine rings is 1. The quantitative estimate of drug-likeness (QED) is 0.707. The minimum absolute atomic E-state index is 0.00649. The SMILES string of the molecule is Cc1c(Cl)cccc1NC(=O)C[NH+]1CCNC(=O)C1. The lowest BCUT2D eigenvalue weighted by Crippen LogP contribution is -3.16. The van der Waals surface area contributed by atoms with Gasteiger partial charge in [0.2, 0.25) is 0 Å². The lowest BCUT2D eigenvalue weighted by molar-refractivity contribution is -0.885. The Morgan fingerprint density at radius 2 is 2.32 bits per heavy atom. The molecule has 1 aliphatic rings. The van der Waals surface area contributed by atoms with E-state index in [2.05, 4.69) is 10.6 Å². The van der Waals surface area contributed by atoms with Gasteiger partial charge in [-0.15, -0.1) is 0 Å². The molecule has 0 spiro atoms. The van der Waals surface area contributed by atoms with Gasteiger partial charge in [-0.25, -0.2) is 0 Å². The van der Waals surface area contributed by atoms with Gasteiger partial charge in [0.25, 0.3) is 11.8 Å². The Bertz CT molecular complexity index is 505. The van der Waals surface area contributed by atoms with Gasteiger partial charge >= 0.3 is 0 Å². The van der Waals surface area contributed by atoms with Crippen LogP contribution in [0.1, 0.15) is 5.56 Å². The molecule has 1 saturated heterocycles. The molecule has 1 fully saturated rings. The number of carbonyl (C=O) groups is 2. The van der Waals surface area contributed by atoms with Crippen molar-refractivity contribution in [1.29, 1.82) is 0 Å². The van der Waals surface area contributed by atoms with Crippen molar-refractivity contribution in [3.05, 3.63) is 28.8 Å². The topological polar surface area (TPSA) is 62.6 Å². The fourth-order valence-electron chi connectivity index (χ4n) is 2.07. The number of quaternary nitrogens is 1. The van der Waals surface area contributed by atoms with E-state index in [-0.39, 0.29) is 11.8 Å². The standard InChI is InChI=1S/C13H16ClN3O2/c1-9-10(14)3-2-4-11(9)16-13(19)8-17-6-5-15-12(18)7-17/h2-4H,5-8H2,1H3,(H,15,18)(H,16,19)/p+1. The number of rotatable bonds is 3. The Hall–Kier alpha value is -1.59. The van der Waals surface area contributed by atoms with Gasteiger partial charge in [-0.1, -0.05) is 17.7 Å². The first-order chi connectivity index (χ1) is 9.06. The average Bonchev–Trinajstić information content (AvgIpc) is 2.35. The molecule has 19 heavy (non-hydrogen) atoms. The van der Waals surface area contributed by atoms with Gasteiger partial charge in [0.1, 0.15) is 0 Å². The molecule has 1 heterocycles. The van der Waals surface area contributed by atoms with Crippen molar-refractivity contribution in [2.75, 3.05) is 31.5 Å². The minimum atomic E-state index is -0.102. The summed E-state index contributed by atoms with van der Waals surface area (Å²) in [4.78, 5) is 24.1. The first-order valence-corrected chi connectivity index (χ1v) is 6.59. The van der Waals surface area contributed by atoms with Crippen LogP contribution in [-0.2, 0) is 9.59 Å². The molecule has 5 nitrogen and oxygen atoms in total. The molecule has 0 aromatic heterocycles. The van der Waals surface area contributed by atoms with E-state index in [1.54, 1.807) is 12.1 Å². The highest BCUT2D eigenvalue weighted by molar-refractivity contribution is 6.31. The van der Waals surface area contributed by atoms with Crippen molar-refractivity contribution in [2.45, 2.75) is 6.92 Å². The third-order valence-electron chi connectivity index (χ3n) is 3.16. The summed E-state index contributed by atoms with van der Waals surface area (Å²) in [6.07, 6.45) is 0. The Morgan fingerprint density at radius 3 is 3.05 bits per heavy atom. The van der Waals surface area contributed by atoms with Gasteiger partial charge in [0.15, 0.2) is 13.1 Å². The summed E-state index contributed by atoms with van der Waals surface area (Å²) in [6.45, 7) is 3.89. The summed E-state index contributed by atoms with van der Waals surface area (Å²) in [5.74, 6) is -0.108. The van der Waals surface area contributed by atoms with Crippen LogP contribution in [-0.4, -0.2) is 38.0 Å². The van der Waals surface area contributed by atoms with E-state index in [0.29, 0.717) is 24.7 Å². The van der Waals surface area contributed by atoms with Gasteiger partial charge in [0.05, 0.1) is 13.1 Å². The van der Waals surface area contributed by atoms with Crippen LogP contribution in [0.4, 0.5) is 5.69 Å². The molecule has 1 aromatic rings. The summed E-state index contributed by atoms with van der Waals surface area (Å²) in [5.41, 5.74) is 1.57. The number of amides is 2. The molecular formula is C13H17ClN3O2+. The number of halogens is 1. The zero-order valence-corrected chi connectivity index (χ0v) is 11.5. The molecule has 3 N–H and O–H groups in total. The van der Waals surface area contributed by atoms with E-state index < -0.39 is 0 Å². The van der Waals surface area contributed by atoms with Gasteiger partial charge in [0, 0.05) is 10.7 Å². The Morgan fingerprint density at radius 1 is 1.53 bits per heavy atom. The van der Waals surface area contributed by atoms with Crippen molar-refractivity contribution < 1.29 is 14.5 Å². The summed E-state index contributed by atoms with van der Waals surface area (Å²) < 4.78 is 0. The monoisotopic (exact) mass is 282 g/mol. The summed E-state index contributed by atoms with van der Waals surface area (Å²) in [5, 5.41) is 6.21. The van der Waals surface area contributed by atoms with Gasteiger partial charge in [-0.05, 0) is 24.6 Å². The Balaban J connectivity index is 1.94. The maximum Gasteiger partial charge on any atom is 0.279 e. The van der Waals surface area contributed by atoms with Crippen molar-refractivity contribution in [2.24, 2.45) is 0 Å². The highest BCUT2D eigenvalue weighted by Crippen LogP contribution is 2.22. The third kappa shape index (κ3) is 3.68. The van der Waals surface area contributed by atoms with Crippen LogP contribution in [0.3, 0.4) is 0 Å². The van der Waals surface area contributed by atoms with Crippen molar-refractivity contribution in [3.63, 3.8) is 0 Å². The molecule has 6 heteroatoms. The lowest BCUT2D eigenvalue weighted by atomic mass is 10.2. The van der Waals surface area contributed by atoms with Gasteiger partial charge < -0.3 is 15.5 Å². The maximum atomic E-state index is 11.9. The maximum absolute atomic E-state index is 11.9. The molecule has 2 rings (SSSR count). The summed E-state index contributed by atoms with van der Waals surface area (Å²) in [6, 6.07) is 5.40. The largest absolute Gasteiger partial charge is 0.346 e. The van der Waals surface area contributed by atoms with Crippen LogP contribution >= 0.6 is 11.6 Å². The molecule has 0 saturated carbocycles. The van der Waals surface area contributed by atoms with E-state index in [1.807, 2.05) is 13.0 Å². The first-order valence-electron chi connectivity index (χ1n) is 6.21. The molecule has 0 radical (unpaired) electrons. The second-order valence-electron chi connectivity index (χ2n) is 4.66. The van der Waals surface area contributed by atoms with E-state index >= 15 is 0 Å². The Kier molecular flexibility index (Phi) is 4.39. The molecule has 1 aliphatic heterocycles. The van der Waals surface area contributed by atoms with E-state index in [0.717, 1.165) is 22.7 Å². The van der Waals surface area contributed by atoms with Crippen molar-refractivity contribution >= 4 is 29.1 Å². The molecule has 102 valence electrons. The average molecular weight is 283 g/mol. The van der Waals surface area contributed by atoms with Crippen LogP contribution in [0.15, 0.2) is 18.2 Å². The highest BCUT2D eigenvalue weighted by atomic mass is 35.5. The minimum Gasteiger partial charge on any atom is -0.346 e. The van der Waals surface area contributed by atoms with Crippen molar-refractivity contribution in [1.82, 2.24) is 5.32 Å². The second-order valence-corrected chi connectivity index (χ2v) is 5.07. The van der Waals surface area contributed by atoms with Crippen LogP contribution in [0.2, 0.25) is 5.02 Å². The number of benzene rings is 1. The third-order valence-corrected chi connectivity index (χ3v) is 3.57. The molecule has 1 atom stereocenters. The van der Waals surface area contributed by atoms with Crippen LogP contribution in [0.25, 0.3) is 0 Å². The second kappa shape index (κ2) is 6.04. The molecular weight excluding hydrogens is 266 g/mol. The number of anilines is 1. The van der Waals surface area contributed by atoms with Gasteiger partial charge in [-0.2, -0.15) is 0 Å². The Labute approximate surface area is 116 Å². The van der Waals surface area contributed by atoms with Crippen molar-refractivity contribution in [3.8, 4) is 0 Å². The number of hydrogen-bond donors (Lipinski definition) is 3. The molecule has 0 bridgehead atoms. The van der Waals surface area contributed by atoms with E-state index in [1.165, 1.54) is 0 Å². The number of hydrogen-bond acceptors (Lipinski definition) is 2. The van der Waals surface area contributed by atoms with Gasteiger partial charge in [-0.3, -0.25) is 9.59 Å². The molecule has 2 amide bonds. The zero-order valence-electron chi connectivity index (χ0n) is 10.8. The smallest absolute Gasteiger partial charge is 0.279 e. The first kappa shape index (κ1) is 13.8. The van der Waals surface area contributed by atoms with Crippen LogP contribution in [0, 0.1) is 6.92 Å².